The first-order chi connectivity index (χ1) is 16.2. The summed E-state index contributed by atoms with van der Waals surface area (Å²) < 4.78 is 32.2. The molecule has 11 heteroatoms. The minimum atomic E-state index is -3.62. The molecule has 10 nitrogen and oxygen atoms in total. The van der Waals surface area contributed by atoms with Gasteiger partial charge in [-0.15, -0.1) is 0 Å². The minimum absolute atomic E-state index is 0.191. The van der Waals surface area contributed by atoms with E-state index in [1.165, 1.54) is 29.6 Å². The highest BCUT2D eigenvalue weighted by molar-refractivity contribution is 7.89. The largest absolute Gasteiger partial charge is 0.383 e. The molecule has 1 aliphatic heterocycles. The molecule has 0 saturated carbocycles. The van der Waals surface area contributed by atoms with Crippen molar-refractivity contribution in [1.82, 2.24) is 4.31 Å². The van der Waals surface area contributed by atoms with Crippen molar-refractivity contribution in [2.45, 2.75) is 31.6 Å². The zero-order valence-electron chi connectivity index (χ0n) is 19.6. The van der Waals surface area contributed by atoms with Crippen LogP contribution in [0.5, 0.6) is 0 Å². The van der Waals surface area contributed by atoms with E-state index in [2.05, 4.69) is 5.32 Å². The van der Waals surface area contributed by atoms with E-state index >= 15 is 0 Å². The van der Waals surface area contributed by atoms with E-state index in [1.54, 1.807) is 36.9 Å². The highest BCUT2D eigenvalue weighted by Crippen LogP contribution is 2.33. The van der Waals surface area contributed by atoms with E-state index in [9.17, 15) is 23.3 Å². The second kappa shape index (κ2) is 10.9. The molecule has 1 N–H and O–H groups in total. The number of aryl methyl sites for hydroxylation is 1. The molecule has 184 valence electrons. The molecule has 0 unspecified atom stereocenters. The van der Waals surface area contributed by atoms with Crippen LogP contribution in [0.4, 0.5) is 17.1 Å². The summed E-state index contributed by atoms with van der Waals surface area (Å²) in [5, 5.41) is 14.5. The van der Waals surface area contributed by atoms with Crippen molar-refractivity contribution in [3.05, 3.63) is 57.6 Å². The van der Waals surface area contributed by atoms with Gasteiger partial charge >= 0.3 is 0 Å². The van der Waals surface area contributed by atoms with Gasteiger partial charge in [0.2, 0.25) is 10.0 Å². The van der Waals surface area contributed by atoms with Crippen LogP contribution >= 0.6 is 0 Å². The van der Waals surface area contributed by atoms with Gasteiger partial charge in [-0.3, -0.25) is 14.9 Å². The zero-order chi connectivity index (χ0) is 24.9. The second-order valence-corrected chi connectivity index (χ2v) is 9.79. The maximum absolute atomic E-state index is 13.3. The number of fused-ring (bicyclic) bond motifs is 1. The number of amides is 1. The van der Waals surface area contributed by atoms with E-state index < -0.39 is 14.9 Å². The minimum Gasteiger partial charge on any atom is -0.383 e. The van der Waals surface area contributed by atoms with Crippen molar-refractivity contribution in [3.8, 4) is 0 Å². The number of nitrogens with zero attached hydrogens (tertiary/aromatic N) is 3. The normalized spacial score (nSPS) is 13.6. The molecule has 3 rings (SSSR count). The lowest BCUT2D eigenvalue weighted by Gasteiger charge is -2.30. The molecule has 0 atom stereocenters. The Morgan fingerprint density at radius 3 is 2.59 bits per heavy atom. The van der Waals surface area contributed by atoms with Crippen LogP contribution in [0, 0.1) is 10.1 Å². The summed E-state index contributed by atoms with van der Waals surface area (Å²) in [7, 11) is -2.08. The summed E-state index contributed by atoms with van der Waals surface area (Å²) in [5.74, 6) is -0.369. The van der Waals surface area contributed by atoms with Crippen LogP contribution in [0.15, 0.2) is 41.3 Å². The number of ether oxygens (including phenoxy) is 1. The molecule has 0 saturated heterocycles. The van der Waals surface area contributed by atoms with E-state index in [0.717, 1.165) is 5.56 Å². The molecular weight excluding hydrogens is 460 g/mol. The monoisotopic (exact) mass is 490 g/mol. The van der Waals surface area contributed by atoms with Crippen LogP contribution in [-0.4, -0.2) is 63.4 Å². The molecule has 0 aliphatic carbocycles. The molecule has 1 amide bonds. The molecule has 0 aromatic heterocycles. The van der Waals surface area contributed by atoms with E-state index in [4.69, 9.17) is 4.74 Å². The highest BCUT2D eigenvalue weighted by Gasteiger charge is 2.28. The summed E-state index contributed by atoms with van der Waals surface area (Å²) in [4.78, 5) is 26.1. The van der Waals surface area contributed by atoms with Crippen molar-refractivity contribution in [1.29, 1.82) is 0 Å². The van der Waals surface area contributed by atoms with Gasteiger partial charge in [0.15, 0.2) is 0 Å². The van der Waals surface area contributed by atoms with Crippen molar-refractivity contribution >= 4 is 33.0 Å². The Bertz CT molecular complexity index is 1160. The third kappa shape index (κ3) is 5.21. The lowest BCUT2D eigenvalue weighted by atomic mass is 10.0. The van der Waals surface area contributed by atoms with Gasteiger partial charge in [0.1, 0.15) is 5.69 Å². The van der Waals surface area contributed by atoms with Crippen molar-refractivity contribution in [2.75, 3.05) is 50.1 Å². The molecule has 1 aliphatic rings. The number of nitro groups is 1. The number of anilines is 2. The van der Waals surface area contributed by atoms with Crippen LogP contribution in [-0.2, 0) is 21.2 Å². The van der Waals surface area contributed by atoms with Crippen LogP contribution < -0.4 is 10.2 Å². The molecule has 2 aromatic carbocycles. The number of sulfonamides is 1. The van der Waals surface area contributed by atoms with Crippen molar-refractivity contribution < 1.29 is 22.9 Å². The van der Waals surface area contributed by atoms with Gasteiger partial charge in [-0.2, -0.15) is 4.31 Å². The Hall–Kier alpha value is -3.02. The molecule has 34 heavy (non-hydrogen) atoms. The van der Waals surface area contributed by atoms with Crippen molar-refractivity contribution in [2.24, 2.45) is 0 Å². The molecular formula is C23H30N4O6S. The van der Waals surface area contributed by atoms with E-state index in [-0.39, 0.29) is 22.1 Å². The van der Waals surface area contributed by atoms with E-state index in [1.807, 2.05) is 0 Å². The topological polar surface area (TPSA) is 122 Å². The maximum atomic E-state index is 13.3. The van der Waals surface area contributed by atoms with Crippen LogP contribution in [0.2, 0.25) is 0 Å². The molecule has 2 aromatic rings. The average Bonchev–Trinajstić information content (AvgIpc) is 2.83. The Morgan fingerprint density at radius 1 is 1.21 bits per heavy atom. The van der Waals surface area contributed by atoms with Gasteiger partial charge in [0.25, 0.3) is 11.6 Å². The fraction of sp³-hybridized carbons (Fsp3) is 0.435. The molecule has 1 heterocycles. The van der Waals surface area contributed by atoms with Gasteiger partial charge in [0, 0.05) is 50.6 Å². The molecule has 0 radical (unpaired) electrons. The first-order valence-electron chi connectivity index (χ1n) is 11.2. The average molecular weight is 491 g/mol. The zero-order valence-corrected chi connectivity index (χ0v) is 20.4. The number of nitro benzene ring substituents is 1. The van der Waals surface area contributed by atoms with Gasteiger partial charge in [-0.25, -0.2) is 8.42 Å². The number of benzene rings is 2. The fourth-order valence-electron chi connectivity index (χ4n) is 4.07. The van der Waals surface area contributed by atoms with Crippen molar-refractivity contribution in [3.63, 3.8) is 0 Å². The number of nitrogens with one attached hydrogen (secondary N) is 1. The number of carbonyl (C=O) groups excluding carboxylic acids is 1. The van der Waals surface area contributed by atoms with Crippen LogP contribution in [0.3, 0.4) is 0 Å². The Balaban J connectivity index is 1.92. The summed E-state index contributed by atoms with van der Waals surface area (Å²) in [6.07, 6.45) is 1.30. The Labute approximate surface area is 199 Å². The summed E-state index contributed by atoms with van der Waals surface area (Å²) in [6, 6.07) is 9.14. The predicted octanol–water partition coefficient (Wildman–Crippen LogP) is 3.28. The molecule has 0 bridgehead atoms. The smallest absolute Gasteiger partial charge is 0.293 e. The van der Waals surface area contributed by atoms with Crippen LogP contribution in [0.25, 0.3) is 0 Å². The predicted molar refractivity (Wildman–Crippen MR) is 130 cm³/mol. The summed E-state index contributed by atoms with van der Waals surface area (Å²) in [6.45, 7) is 5.53. The number of hydrogen-bond acceptors (Lipinski definition) is 7. The lowest BCUT2D eigenvalue weighted by Crippen LogP contribution is -2.36. The molecule has 0 fully saturated rings. The lowest BCUT2D eigenvalue weighted by molar-refractivity contribution is -0.384. The highest BCUT2D eigenvalue weighted by atomic mass is 32.2. The third-order valence-corrected chi connectivity index (χ3v) is 7.87. The maximum Gasteiger partial charge on any atom is 0.293 e. The molecule has 0 spiro atoms. The Morgan fingerprint density at radius 2 is 1.94 bits per heavy atom. The number of methoxy groups -OCH3 is 1. The Kier molecular flexibility index (Phi) is 8.24. The van der Waals surface area contributed by atoms with Gasteiger partial charge < -0.3 is 15.0 Å². The summed E-state index contributed by atoms with van der Waals surface area (Å²) in [5.41, 5.74) is 1.69. The number of carbonyl (C=O) groups is 1. The van der Waals surface area contributed by atoms with Gasteiger partial charge in [0.05, 0.1) is 16.4 Å². The standard InChI is InChI=1S/C23H30N4O6S/c1-4-25(5-2)34(31,32)19-9-11-21-17(15-19)7-6-13-26(21)23(28)18-8-10-20(24-12-14-33-3)22(16-18)27(29)30/h8-11,15-16,24H,4-7,12-14H2,1-3H3. The van der Waals surface area contributed by atoms with Gasteiger partial charge in [-0.05, 0) is 48.7 Å². The van der Waals surface area contributed by atoms with Gasteiger partial charge in [-0.1, -0.05) is 13.8 Å². The first-order valence-corrected chi connectivity index (χ1v) is 12.6. The number of rotatable bonds is 10. The van der Waals surface area contributed by atoms with Crippen LogP contribution in [0.1, 0.15) is 36.2 Å². The van der Waals surface area contributed by atoms with E-state index in [0.29, 0.717) is 57.0 Å². The second-order valence-electron chi connectivity index (χ2n) is 7.85. The number of hydrogen-bond donors (Lipinski definition) is 1. The quantitative estimate of drug-likeness (QED) is 0.308. The third-order valence-electron chi connectivity index (χ3n) is 5.82. The SMILES string of the molecule is CCN(CC)S(=O)(=O)c1ccc2c(c1)CCCN2C(=O)c1ccc(NCCOC)c([N+](=O)[O-])c1. The summed E-state index contributed by atoms with van der Waals surface area (Å²) >= 11 is 0. The first kappa shape index (κ1) is 25.6. The fourth-order valence-corrected chi connectivity index (χ4v) is 5.58.